The molecule has 0 saturated carbocycles. The van der Waals surface area contributed by atoms with Crippen LogP contribution in [0.15, 0.2) is 16.7 Å². The van der Waals surface area contributed by atoms with E-state index in [9.17, 15) is 4.79 Å². The third kappa shape index (κ3) is 3.10. The minimum Gasteiger partial charge on any atom is -0.467 e. The fraction of sp³-hybridized carbons (Fsp3) is 0.583. The average Bonchev–Trinajstić information content (AvgIpc) is 2.99. The van der Waals surface area contributed by atoms with Gasteiger partial charge < -0.3 is 9.15 Å². The number of amides is 1. The molecule has 1 aromatic rings. The summed E-state index contributed by atoms with van der Waals surface area (Å²) in [5.74, 6) is 6.11. The second-order valence-electron chi connectivity index (χ2n) is 4.62. The molecule has 1 atom stereocenters. The van der Waals surface area contributed by atoms with Gasteiger partial charge in [0.05, 0.1) is 18.7 Å². The van der Waals surface area contributed by atoms with Gasteiger partial charge in [0.15, 0.2) is 0 Å². The second kappa shape index (κ2) is 5.99. The number of hydrogen-bond donors (Lipinski definition) is 2. The summed E-state index contributed by atoms with van der Waals surface area (Å²) in [6, 6.07) is 1.73. The van der Waals surface area contributed by atoms with Crippen LogP contribution in [0.1, 0.15) is 22.5 Å². The van der Waals surface area contributed by atoms with Crippen LogP contribution in [0, 0.1) is 5.92 Å². The monoisotopic (exact) mass is 253 g/mol. The number of rotatable bonds is 5. The Bertz CT molecular complexity index is 405. The van der Waals surface area contributed by atoms with Gasteiger partial charge in [-0.05, 0) is 24.9 Å². The molecule has 18 heavy (non-hydrogen) atoms. The zero-order chi connectivity index (χ0) is 13.0. The van der Waals surface area contributed by atoms with Crippen molar-refractivity contribution in [3.8, 4) is 0 Å². The highest BCUT2D eigenvalue weighted by Crippen LogP contribution is 2.19. The first-order chi connectivity index (χ1) is 8.72. The lowest BCUT2D eigenvalue weighted by molar-refractivity contribution is 0.0953. The van der Waals surface area contributed by atoms with Gasteiger partial charge in [-0.3, -0.25) is 15.1 Å². The first-order valence-corrected chi connectivity index (χ1v) is 6.02. The van der Waals surface area contributed by atoms with Crippen LogP contribution in [0.25, 0.3) is 0 Å². The molecule has 1 aliphatic rings. The van der Waals surface area contributed by atoms with Crippen LogP contribution in [0.3, 0.4) is 0 Å². The van der Waals surface area contributed by atoms with Crippen molar-refractivity contribution in [1.29, 1.82) is 0 Å². The Hall–Kier alpha value is -1.37. The molecular formula is C12H19N3O3. The lowest BCUT2D eigenvalue weighted by atomic mass is 10.1. The quantitative estimate of drug-likeness (QED) is 0.449. The van der Waals surface area contributed by atoms with E-state index in [4.69, 9.17) is 15.0 Å². The molecular weight excluding hydrogens is 234 g/mol. The van der Waals surface area contributed by atoms with Crippen molar-refractivity contribution in [3.05, 3.63) is 23.7 Å². The third-order valence-electron chi connectivity index (χ3n) is 3.20. The van der Waals surface area contributed by atoms with E-state index >= 15 is 0 Å². The summed E-state index contributed by atoms with van der Waals surface area (Å²) in [6.07, 6.45) is 2.57. The van der Waals surface area contributed by atoms with Crippen LogP contribution in [0.4, 0.5) is 0 Å². The maximum atomic E-state index is 11.3. The van der Waals surface area contributed by atoms with Gasteiger partial charge in [-0.25, -0.2) is 5.84 Å². The van der Waals surface area contributed by atoms with Gasteiger partial charge in [0, 0.05) is 13.7 Å². The topological polar surface area (TPSA) is 80.7 Å². The summed E-state index contributed by atoms with van der Waals surface area (Å²) in [5.41, 5.74) is 2.54. The molecule has 0 radical (unpaired) electrons. The zero-order valence-corrected chi connectivity index (χ0v) is 10.5. The van der Waals surface area contributed by atoms with Crippen LogP contribution in [0.5, 0.6) is 0 Å². The van der Waals surface area contributed by atoms with E-state index in [1.54, 1.807) is 13.2 Å². The summed E-state index contributed by atoms with van der Waals surface area (Å²) in [7, 11) is 1.73. The molecule has 6 nitrogen and oxygen atoms in total. The van der Waals surface area contributed by atoms with Crippen molar-refractivity contribution in [2.45, 2.75) is 13.0 Å². The van der Waals surface area contributed by atoms with Crippen LogP contribution in [0.2, 0.25) is 0 Å². The van der Waals surface area contributed by atoms with E-state index in [0.29, 0.717) is 11.5 Å². The molecule has 1 saturated heterocycles. The van der Waals surface area contributed by atoms with E-state index < -0.39 is 0 Å². The number of furan rings is 1. The number of hydrogen-bond acceptors (Lipinski definition) is 5. The number of likely N-dealkylation sites (tertiary alicyclic amines) is 1. The van der Waals surface area contributed by atoms with E-state index in [1.807, 2.05) is 0 Å². The molecule has 2 heterocycles. The summed E-state index contributed by atoms with van der Waals surface area (Å²) in [6.45, 7) is 3.56. The van der Waals surface area contributed by atoms with E-state index in [0.717, 1.165) is 38.4 Å². The average molecular weight is 253 g/mol. The Kier molecular flexibility index (Phi) is 4.35. The third-order valence-corrected chi connectivity index (χ3v) is 3.20. The molecule has 0 aliphatic carbocycles. The maximum absolute atomic E-state index is 11.3. The summed E-state index contributed by atoms with van der Waals surface area (Å²) in [5, 5.41) is 0. The molecule has 1 aromatic heterocycles. The first-order valence-electron chi connectivity index (χ1n) is 6.02. The molecule has 0 bridgehead atoms. The highest BCUT2D eigenvalue weighted by Gasteiger charge is 2.23. The zero-order valence-electron chi connectivity index (χ0n) is 10.5. The number of nitrogens with one attached hydrogen (secondary N) is 1. The molecule has 1 unspecified atom stereocenters. The van der Waals surface area contributed by atoms with Crippen molar-refractivity contribution in [3.63, 3.8) is 0 Å². The van der Waals surface area contributed by atoms with E-state index in [-0.39, 0.29) is 5.91 Å². The highest BCUT2D eigenvalue weighted by atomic mass is 16.5. The second-order valence-corrected chi connectivity index (χ2v) is 4.62. The predicted octanol–water partition coefficient (Wildman–Crippen LogP) is 0.351. The van der Waals surface area contributed by atoms with Gasteiger partial charge >= 0.3 is 0 Å². The lowest BCUT2D eigenvalue weighted by Crippen LogP contribution is -2.29. The Labute approximate surface area is 106 Å². The van der Waals surface area contributed by atoms with E-state index in [1.165, 1.54) is 6.26 Å². The lowest BCUT2D eigenvalue weighted by Gasteiger charge is -2.13. The van der Waals surface area contributed by atoms with Crippen molar-refractivity contribution in [2.75, 3.05) is 26.8 Å². The van der Waals surface area contributed by atoms with Gasteiger partial charge in [0.1, 0.15) is 12.0 Å². The van der Waals surface area contributed by atoms with Crippen molar-refractivity contribution >= 4 is 5.91 Å². The fourth-order valence-corrected chi connectivity index (χ4v) is 2.31. The minimum absolute atomic E-state index is 0.330. The van der Waals surface area contributed by atoms with Crippen LogP contribution in [-0.2, 0) is 11.3 Å². The standard InChI is InChI=1S/C12H19N3O3/c1-17-7-9-2-3-15(5-9)6-11-4-10(8-18-11)12(16)14-13/h4,8-9H,2-3,5-7,13H2,1H3,(H,14,16). The number of ether oxygens (including phenoxy) is 1. The smallest absolute Gasteiger partial charge is 0.268 e. The van der Waals surface area contributed by atoms with Gasteiger partial charge in [-0.1, -0.05) is 0 Å². The Morgan fingerprint density at radius 1 is 1.72 bits per heavy atom. The number of nitrogen functional groups attached to an aromatic ring is 1. The Morgan fingerprint density at radius 3 is 3.28 bits per heavy atom. The van der Waals surface area contributed by atoms with Crippen LogP contribution >= 0.6 is 0 Å². The van der Waals surface area contributed by atoms with Crippen LogP contribution < -0.4 is 11.3 Å². The SMILES string of the molecule is COCC1CCN(Cc2cc(C(=O)NN)co2)C1. The van der Waals surface area contributed by atoms with E-state index in [2.05, 4.69) is 10.3 Å². The normalized spacial score (nSPS) is 20.2. The number of nitrogens with two attached hydrogens (primary N) is 1. The van der Waals surface area contributed by atoms with Gasteiger partial charge in [-0.2, -0.15) is 0 Å². The molecule has 6 heteroatoms. The predicted molar refractivity (Wildman–Crippen MR) is 65.6 cm³/mol. The Balaban J connectivity index is 1.87. The number of carbonyl (C=O) groups excluding carboxylic acids is 1. The van der Waals surface area contributed by atoms with Gasteiger partial charge in [-0.15, -0.1) is 0 Å². The van der Waals surface area contributed by atoms with Crippen molar-refractivity contribution in [2.24, 2.45) is 11.8 Å². The molecule has 1 amide bonds. The summed E-state index contributed by atoms with van der Waals surface area (Å²) < 4.78 is 10.5. The molecule has 1 aliphatic heterocycles. The van der Waals surface area contributed by atoms with Gasteiger partial charge in [0.25, 0.3) is 5.91 Å². The molecule has 100 valence electrons. The number of methoxy groups -OCH3 is 1. The fourth-order valence-electron chi connectivity index (χ4n) is 2.31. The number of nitrogens with zero attached hydrogens (tertiary/aromatic N) is 1. The highest BCUT2D eigenvalue weighted by molar-refractivity contribution is 5.93. The Morgan fingerprint density at radius 2 is 2.56 bits per heavy atom. The van der Waals surface area contributed by atoms with Crippen molar-refractivity contribution < 1.29 is 13.9 Å². The largest absolute Gasteiger partial charge is 0.467 e. The molecule has 1 fully saturated rings. The molecule has 0 aromatic carbocycles. The minimum atomic E-state index is -0.330. The summed E-state index contributed by atoms with van der Waals surface area (Å²) >= 11 is 0. The van der Waals surface area contributed by atoms with Gasteiger partial charge in [0.2, 0.25) is 0 Å². The number of hydrazine groups is 1. The number of carbonyl (C=O) groups is 1. The summed E-state index contributed by atoms with van der Waals surface area (Å²) in [4.78, 5) is 13.6. The van der Waals surface area contributed by atoms with Crippen molar-refractivity contribution in [1.82, 2.24) is 10.3 Å². The maximum Gasteiger partial charge on any atom is 0.268 e. The first kappa shape index (κ1) is 13.1. The van der Waals surface area contributed by atoms with Crippen LogP contribution in [-0.4, -0.2) is 37.6 Å². The molecule has 3 N–H and O–H groups in total. The molecule has 0 spiro atoms. The molecule has 2 rings (SSSR count).